The zero-order valence-corrected chi connectivity index (χ0v) is 22.6. The number of carbonyl (C=O) groups is 1. The third-order valence-electron chi connectivity index (χ3n) is 6.24. The highest BCUT2D eigenvalue weighted by Gasteiger charge is 2.24. The van der Waals surface area contributed by atoms with E-state index in [9.17, 15) is 4.79 Å². The minimum Gasteiger partial charge on any atom is -0.497 e. The molecule has 9 heteroatoms. The number of nitrogens with one attached hydrogen (secondary N) is 1. The first-order chi connectivity index (χ1) is 15.6. The number of halogens is 1. The first-order valence-electron chi connectivity index (χ1n) is 11.9. The third-order valence-corrected chi connectivity index (χ3v) is 6.24. The summed E-state index contributed by atoms with van der Waals surface area (Å²) >= 11 is 0. The summed E-state index contributed by atoms with van der Waals surface area (Å²) in [6, 6.07) is 8.30. The fourth-order valence-corrected chi connectivity index (χ4v) is 4.11. The minimum atomic E-state index is 0. The molecule has 1 N–H and O–H groups in total. The fraction of sp³-hybridized carbons (Fsp3) is 0.667. The Morgan fingerprint density at radius 1 is 1.09 bits per heavy atom. The van der Waals surface area contributed by atoms with Crippen molar-refractivity contribution in [2.75, 3.05) is 79.2 Å². The monoisotopic (exact) mass is 573 g/mol. The van der Waals surface area contributed by atoms with Crippen LogP contribution in [0.5, 0.6) is 5.75 Å². The maximum absolute atomic E-state index is 12.5. The Labute approximate surface area is 215 Å². The molecule has 33 heavy (non-hydrogen) atoms. The van der Waals surface area contributed by atoms with E-state index in [1.54, 1.807) is 7.11 Å². The van der Waals surface area contributed by atoms with E-state index in [1.165, 1.54) is 5.56 Å². The van der Waals surface area contributed by atoms with Crippen LogP contribution in [0.2, 0.25) is 0 Å². The fourth-order valence-electron chi connectivity index (χ4n) is 4.11. The van der Waals surface area contributed by atoms with Gasteiger partial charge in [0.25, 0.3) is 0 Å². The number of methoxy groups -OCH3 is 1. The van der Waals surface area contributed by atoms with Gasteiger partial charge in [-0.05, 0) is 37.0 Å². The Bertz CT molecular complexity index is 732. The standard InChI is InChI=1S/C24H39N5O3.HI/c1-4-25-24(26-10-9-20(2)21-5-7-22(31-3)8-6-21)29-13-11-27(12-14-29)19-23(30)28-15-17-32-18-16-28;/h5-8,20H,4,9-19H2,1-3H3,(H,25,26);1H. The van der Waals surface area contributed by atoms with Gasteiger partial charge in [-0.1, -0.05) is 19.1 Å². The van der Waals surface area contributed by atoms with Crippen molar-refractivity contribution in [1.29, 1.82) is 0 Å². The highest BCUT2D eigenvalue weighted by Crippen LogP contribution is 2.21. The molecule has 3 rings (SSSR count). The number of hydrogen-bond donors (Lipinski definition) is 1. The lowest BCUT2D eigenvalue weighted by molar-refractivity contribution is -0.136. The molecular formula is C24H40IN5O3. The van der Waals surface area contributed by atoms with Crippen molar-refractivity contribution in [2.45, 2.75) is 26.2 Å². The van der Waals surface area contributed by atoms with E-state index >= 15 is 0 Å². The van der Waals surface area contributed by atoms with E-state index in [2.05, 4.69) is 41.1 Å². The quantitative estimate of drug-likeness (QED) is 0.293. The molecule has 0 radical (unpaired) electrons. The van der Waals surface area contributed by atoms with Gasteiger partial charge in [0, 0.05) is 52.4 Å². The van der Waals surface area contributed by atoms with Gasteiger partial charge in [0.05, 0.1) is 26.9 Å². The SMILES string of the molecule is CCNC(=NCCC(C)c1ccc(OC)cc1)N1CCN(CC(=O)N2CCOCC2)CC1.I. The summed E-state index contributed by atoms with van der Waals surface area (Å²) in [6.45, 7) is 12.7. The Morgan fingerprint density at radius 2 is 1.76 bits per heavy atom. The zero-order valence-electron chi connectivity index (χ0n) is 20.3. The van der Waals surface area contributed by atoms with Gasteiger partial charge in [-0.25, -0.2) is 0 Å². The number of hydrogen-bond acceptors (Lipinski definition) is 5. The topological polar surface area (TPSA) is 69.6 Å². The highest BCUT2D eigenvalue weighted by molar-refractivity contribution is 14.0. The zero-order chi connectivity index (χ0) is 22.8. The summed E-state index contributed by atoms with van der Waals surface area (Å²) in [7, 11) is 1.69. The first kappa shape index (κ1) is 27.7. The molecule has 1 aromatic carbocycles. The molecule has 8 nitrogen and oxygen atoms in total. The van der Waals surface area contributed by atoms with Gasteiger partial charge < -0.3 is 24.6 Å². The highest BCUT2D eigenvalue weighted by atomic mass is 127. The number of nitrogens with zero attached hydrogens (tertiary/aromatic N) is 4. The smallest absolute Gasteiger partial charge is 0.236 e. The average Bonchev–Trinajstić information content (AvgIpc) is 2.84. The molecule has 2 aliphatic heterocycles. The number of piperazine rings is 1. The molecule has 186 valence electrons. The summed E-state index contributed by atoms with van der Waals surface area (Å²) in [5, 5.41) is 3.44. The van der Waals surface area contributed by atoms with Gasteiger partial charge in [0.1, 0.15) is 5.75 Å². The van der Waals surface area contributed by atoms with E-state index in [0.717, 1.165) is 57.4 Å². The maximum Gasteiger partial charge on any atom is 0.236 e. The molecular weight excluding hydrogens is 533 g/mol. The largest absolute Gasteiger partial charge is 0.497 e. The molecule has 1 atom stereocenters. The second-order valence-electron chi connectivity index (χ2n) is 8.45. The minimum absolute atomic E-state index is 0. The number of rotatable bonds is 8. The molecule has 2 saturated heterocycles. The van der Waals surface area contributed by atoms with E-state index in [1.807, 2.05) is 17.0 Å². The molecule has 2 aliphatic rings. The van der Waals surface area contributed by atoms with Crippen LogP contribution in [-0.4, -0.2) is 106 Å². The van der Waals surface area contributed by atoms with Crippen LogP contribution < -0.4 is 10.1 Å². The van der Waals surface area contributed by atoms with E-state index in [0.29, 0.717) is 38.8 Å². The van der Waals surface area contributed by atoms with Crippen LogP contribution in [0, 0.1) is 0 Å². The van der Waals surface area contributed by atoms with Crippen molar-refractivity contribution < 1.29 is 14.3 Å². The Kier molecular flexibility index (Phi) is 12.3. The number of carbonyl (C=O) groups excluding carboxylic acids is 1. The predicted octanol–water partition coefficient (Wildman–Crippen LogP) is 2.25. The molecule has 0 bridgehead atoms. The van der Waals surface area contributed by atoms with E-state index < -0.39 is 0 Å². The van der Waals surface area contributed by atoms with Crippen LogP contribution in [0.15, 0.2) is 29.3 Å². The second-order valence-corrected chi connectivity index (χ2v) is 8.45. The van der Waals surface area contributed by atoms with E-state index in [4.69, 9.17) is 14.5 Å². The predicted molar refractivity (Wildman–Crippen MR) is 143 cm³/mol. The lowest BCUT2D eigenvalue weighted by Crippen LogP contribution is -2.54. The molecule has 1 amide bonds. The number of aliphatic imine (C=N–C) groups is 1. The van der Waals surface area contributed by atoms with Gasteiger partial charge >= 0.3 is 0 Å². The Hall–Kier alpha value is -1.59. The average molecular weight is 574 g/mol. The molecule has 1 aromatic rings. The molecule has 2 heterocycles. The van der Waals surface area contributed by atoms with E-state index in [-0.39, 0.29) is 29.9 Å². The van der Waals surface area contributed by atoms with Gasteiger partial charge in [0.15, 0.2) is 5.96 Å². The van der Waals surface area contributed by atoms with Crippen molar-refractivity contribution in [1.82, 2.24) is 20.0 Å². The normalized spacial score (nSPS) is 18.5. The van der Waals surface area contributed by atoms with Crippen molar-refractivity contribution in [3.05, 3.63) is 29.8 Å². The molecule has 0 spiro atoms. The number of ether oxygens (including phenoxy) is 2. The molecule has 0 aromatic heterocycles. The first-order valence-corrected chi connectivity index (χ1v) is 11.9. The lowest BCUT2D eigenvalue weighted by atomic mass is 9.98. The number of morpholine rings is 1. The molecule has 1 unspecified atom stereocenters. The molecule has 0 saturated carbocycles. The summed E-state index contributed by atoms with van der Waals surface area (Å²) in [5.74, 6) is 2.53. The van der Waals surface area contributed by atoms with Crippen molar-refractivity contribution in [3.63, 3.8) is 0 Å². The third kappa shape index (κ3) is 8.60. The summed E-state index contributed by atoms with van der Waals surface area (Å²) in [6.07, 6.45) is 0.995. The van der Waals surface area contributed by atoms with Gasteiger partial charge in [-0.2, -0.15) is 0 Å². The summed E-state index contributed by atoms with van der Waals surface area (Å²) in [5.41, 5.74) is 1.31. The van der Waals surface area contributed by atoms with Gasteiger partial charge in [-0.3, -0.25) is 14.7 Å². The van der Waals surface area contributed by atoms with Crippen LogP contribution in [0.4, 0.5) is 0 Å². The summed E-state index contributed by atoms with van der Waals surface area (Å²) in [4.78, 5) is 23.9. The van der Waals surface area contributed by atoms with Crippen LogP contribution in [0.1, 0.15) is 31.7 Å². The van der Waals surface area contributed by atoms with Crippen LogP contribution in [-0.2, 0) is 9.53 Å². The number of benzene rings is 1. The molecule has 2 fully saturated rings. The van der Waals surface area contributed by atoms with Crippen LogP contribution in [0.25, 0.3) is 0 Å². The maximum atomic E-state index is 12.5. The number of amides is 1. The van der Waals surface area contributed by atoms with Gasteiger partial charge in [0.2, 0.25) is 5.91 Å². The Morgan fingerprint density at radius 3 is 2.36 bits per heavy atom. The lowest BCUT2D eigenvalue weighted by Gasteiger charge is -2.37. The van der Waals surface area contributed by atoms with Crippen molar-refractivity contribution >= 4 is 35.8 Å². The summed E-state index contributed by atoms with van der Waals surface area (Å²) < 4.78 is 10.6. The second kappa shape index (κ2) is 14.6. The van der Waals surface area contributed by atoms with Crippen LogP contribution >= 0.6 is 24.0 Å². The van der Waals surface area contributed by atoms with Crippen LogP contribution in [0.3, 0.4) is 0 Å². The molecule has 0 aliphatic carbocycles. The van der Waals surface area contributed by atoms with Crippen molar-refractivity contribution in [3.8, 4) is 5.75 Å². The van der Waals surface area contributed by atoms with Crippen molar-refractivity contribution in [2.24, 2.45) is 4.99 Å². The Balaban J connectivity index is 0.00000385. The number of guanidine groups is 1. The van der Waals surface area contributed by atoms with Gasteiger partial charge in [-0.15, -0.1) is 24.0 Å².